The summed E-state index contributed by atoms with van der Waals surface area (Å²) in [5.74, 6) is 0. The summed E-state index contributed by atoms with van der Waals surface area (Å²) in [4.78, 5) is 2.12. The van der Waals surface area contributed by atoms with Crippen molar-refractivity contribution in [2.24, 2.45) is 0 Å². The molecule has 0 aromatic carbocycles. The molecule has 2 heteroatoms. The number of nitrogens with zero attached hydrogens (tertiary/aromatic N) is 2. The zero-order valence-corrected chi connectivity index (χ0v) is 4.22. The molecule has 0 spiro atoms. The molecule has 1 heterocycles. The second-order valence-corrected chi connectivity index (χ2v) is 1.79. The number of hydrogen-bond donors (Lipinski definition) is 0. The molecule has 1 rings (SSSR count). The Hall–Kier alpha value is -0.550. The van der Waals surface area contributed by atoms with Gasteiger partial charge in [-0.1, -0.05) is 0 Å². The van der Waals surface area contributed by atoms with Crippen LogP contribution >= 0.6 is 0 Å². The van der Waals surface area contributed by atoms with E-state index in [2.05, 4.69) is 11.0 Å². The minimum absolute atomic E-state index is 0.625. The van der Waals surface area contributed by atoms with Gasteiger partial charge < -0.3 is 0 Å². The molecule has 1 aliphatic heterocycles. The van der Waals surface area contributed by atoms with Gasteiger partial charge in [-0.2, -0.15) is 5.26 Å². The molecule has 0 unspecified atom stereocenters. The van der Waals surface area contributed by atoms with Crippen LogP contribution < -0.4 is 0 Å². The molecule has 0 atom stereocenters. The van der Waals surface area contributed by atoms with Gasteiger partial charge in [-0.3, -0.25) is 4.90 Å². The van der Waals surface area contributed by atoms with E-state index in [1.54, 1.807) is 0 Å². The Labute approximate surface area is 43.3 Å². The summed E-state index contributed by atoms with van der Waals surface area (Å²) in [6.07, 6.45) is 1.28. The molecule has 38 valence electrons. The lowest BCUT2D eigenvalue weighted by Crippen LogP contribution is -2.37. The maximum Gasteiger partial charge on any atom is 0.0866 e. The fourth-order valence-electron chi connectivity index (χ4n) is 0.640. The normalized spacial score (nSPS) is 20.4. The lowest BCUT2D eigenvalue weighted by Gasteiger charge is -2.27. The van der Waals surface area contributed by atoms with Crippen LogP contribution in [0.5, 0.6) is 0 Å². The molecular weight excluding hydrogens is 88.1 g/mol. The Morgan fingerprint density at radius 2 is 2.29 bits per heavy atom. The highest BCUT2D eigenvalue weighted by atomic mass is 15.2. The Balaban J connectivity index is 2.06. The van der Waals surface area contributed by atoms with E-state index in [4.69, 9.17) is 5.26 Å². The Morgan fingerprint density at radius 1 is 1.57 bits per heavy atom. The smallest absolute Gasteiger partial charge is 0.0866 e. The van der Waals surface area contributed by atoms with E-state index in [1.807, 2.05) is 0 Å². The number of rotatable bonds is 1. The van der Waals surface area contributed by atoms with E-state index in [0.717, 1.165) is 13.1 Å². The molecule has 7 heavy (non-hydrogen) atoms. The Morgan fingerprint density at radius 3 is 2.43 bits per heavy atom. The Bertz CT molecular complexity index is 88.7. The van der Waals surface area contributed by atoms with Crippen LogP contribution in [-0.2, 0) is 0 Å². The van der Waals surface area contributed by atoms with Gasteiger partial charge >= 0.3 is 0 Å². The summed E-state index contributed by atoms with van der Waals surface area (Å²) in [5, 5.41) is 8.11. The number of likely N-dealkylation sites (tertiary alicyclic amines) is 1. The van der Waals surface area contributed by atoms with Crippen LogP contribution in [0.25, 0.3) is 0 Å². The summed E-state index contributed by atoms with van der Waals surface area (Å²) in [6.45, 7) is 2.89. The van der Waals surface area contributed by atoms with E-state index < -0.39 is 0 Å². The second-order valence-electron chi connectivity index (χ2n) is 1.79. The zero-order chi connectivity index (χ0) is 5.11. The average molecular weight is 96.1 g/mol. The third kappa shape index (κ3) is 0.908. The molecule has 0 amide bonds. The molecule has 0 aromatic heterocycles. The number of hydrogen-bond acceptors (Lipinski definition) is 2. The van der Waals surface area contributed by atoms with Crippen LogP contribution in [0, 0.1) is 11.3 Å². The summed E-state index contributed by atoms with van der Waals surface area (Å²) in [5.41, 5.74) is 0. The lowest BCUT2D eigenvalue weighted by molar-refractivity contribution is 0.206. The van der Waals surface area contributed by atoms with Gasteiger partial charge in [0.25, 0.3) is 0 Å². The van der Waals surface area contributed by atoms with Crippen molar-refractivity contribution in [2.75, 3.05) is 19.6 Å². The van der Waals surface area contributed by atoms with Crippen molar-refractivity contribution in [1.29, 1.82) is 5.26 Å². The van der Waals surface area contributed by atoms with E-state index in [1.165, 1.54) is 6.42 Å². The van der Waals surface area contributed by atoms with Gasteiger partial charge in [-0.15, -0.1) is 0 Å². The molecule has 1 fully saturated rings. The second kappa shape index (κ2) is 1.94. The predicted molar refractivity (Wildman–Crippen MR) is 26.7 cm³/mol. The molecule has 0 radical (unpaired) electrons. The fourth-order valence-corrected chi connectivity index (χ4v) is 0.640. The highest BCUT2D eigenvalue weighted by Crippen LogP contribution is 2.02. The van der Waals surface area contributed by atoms with Gasteiger partial charge in [-0.05, 0) is 6.42 Å². The Kier molecular flexibility index (Phi) is 1.28. The molecule has 0 bridgehead atoms. The summed E-state index contributed by atoms with van der Waals surface area (Å²) in [6, 6.07) is 2.10. The largest absolute Gasteiger partial charge is 0.290 e. The van der Waals surface area contributed by atoms with Crippen LogP contribution in [-0.4, -0.2) is 24.5 Å². The third-order valence-electron chi connectivity index (χ3n) is 1.24. The average Bonchev–Trinajstić information content (AvgIpc) is 1.55. The molecular formula is C5H8N2. The first-order valence-corrected chi connectivity index (χ1v) is 2.53. The van der Waals surface area contributed by atoms with Gasteiger partial charge in [0.1, 0.15) is 0 Å². The molecule has 0 saturated carbocycles. The topological polar surface area (TPSA) is 27.0 Å². The van der Waals surface area contributed by atoms with E-state index in [9.17, 15) is 0 Å². The molecule has 1 saturated heterocycles. The summed E-state index contributed by atoms with van der Waals surface area (Å²) >= 11 is 0. The molecule has 2 nitrogen and oxygen atoms in total. The highest BCUT2D eigenvalue weighted by molar-refractivity contribution is 4.80. The van der Waals surface area contributed by atoms with Crippen molar-refractivity contribution in [3.8, 4) is 6.07 Å². The molecule has 0 N–H and O–H groups in total. The van der Waals surface area contributed by atoms with Crippen molar-refractivity contribution in [2.45, 2.75) is 6.42 Å². The first kappa shape index (κ1) is 4.61. The maximum atomic E-state index is 8.11. The molecule has 0 aliphatic carbocycles. The van der Waals surface area contributed by atoms with Crippen LogP contribution in [0.3, 0.4) is 0 Å². The predicted octanol–water partition coefficient (Wildman–Crippen LogP) is 0.216. The first-order valence-electron chi connectivity index (χ1n) is 2.53. The monoisotopic (exact) mass is 96.1 g/mol. The van der Waals surface area contributed by atoms with Crippen molar-refractivity contribution >= 4 is 0 Å². The molecule has 0 aromatic rings. The van der Waals surface area contributed by atoms with E-state index >= 15 is 0 Å². The number of nitriles is 1. The van der Waals surface area contributed by atoms with E-state index in [0.29, 0.717) is 6.54 Å². The van der Waals surface area contributed by atoms with Gasteiger partial charge in [-0.25, -0.2) is 0 Å². The fraction of sp³-hybridized carbons (Fsp3) is 0.800. The van der Waals surface area contributed by atoms with Crippen LogP contribution in [0.4, 0.5) is 0 Å². The van der Waals surface area contributed by atoms with Gasteiger partial charge in [0.2, 0.25) is 0 Å². The third-order valence-corrected chi connectivity index (χ3v) is 1.24. The minimum Gasteiger partial charge on any atom is -0.290 e. The van der Waals surface area contributed by atoms with Gasteiger partial charge in [0.05, 0.1) is 12.6 Å². The summed E-state index contributed by atoms with van der Waals surface area (Å²) < 4.78 is 0. The van der Waals surface area contributed by atoms with Crippen molar-refractivity contribution < 1.29 is 0 Å². The van der Waals surface area contributed by atoms with Crippen LogP contribution in [0.1, 0.15) is 6.42 Å². The first-order chi connectivity index (χ1) is 3.43. The minimum atomic E-state index is 0.625. The standard InChI is InChI=1S/C5H8N2/c6-2-5-7-3-1-4-7/h1,3-5H2. The quantitative estimate of drug-likeness (QED) is 0.436. The zero-order valence-electron chi connectivity index (χ0n) is 4.22. The highest BCUT2D eigenvalue weighted by Gasteiger charge is 2.11. The van der Waals surface area contributed by atoms with Crippen LogP contribution in [0.2, 0.25) is 0 Å². The molecule has 1 aliphatic rings. The van der Waals surface area contributed by atoms with E-state index in [-0.39, 0.29) is 0 Å². The lowest BCUT2D eigenvalue weighted by atomic mass is 10.2. The van der Waals surface area contributed by atoms with Crippen molar-refractivity contribution in [1.82, 2.24) is 4.90 Å². The van der Waals surface area contributed by atoms with Crippen molar-refractivity contribution in [3.63, 3.8) is 0 Å². The SMILES string of the molecule is N#CCN1CCC1. The van der Waals surface area contributed by atoms with Gasteiger partial charge in [0.15, 0.2) is 0 Å². The van der Waals surface area contributed by atoms with Crippen molar-refractivity contribution in [3.05, 3.63) is 0 Å². The summed E-state index contributed by atoms with van der Waals surface area (Å²) in [7, 11) is 0. The van der Waals surface area contributed by atoms with Gasteiger partial charge in [0, 0.05) is 13.1 Å². The van der Waals surface area contributed by atoms with Crippen LogP contribution in [0.15, 0.2) is 0 Å². The maximum absolute atomic E-state index is 8.11.